The Morgan fingerprint density at radius 3 is 2.45 bits per heavy atom. The molecule has 0 aliphatic carbocycles. The Kier molecular flexibility index (Phi) is 7.13. The van der Waals surface area contributed by atoms with Crippen LogP contribution >= 0.6 is 0 Å². The molecule has 0 saturated carbocycles. The highest BCUT2D eigenvalue weighted by Gasteiger charge is 2.36. The summed E-state index contributed by atoms with van der Waals surface area (Å²) in [5.41, 5.74) is 0.895. The van der Waals surface area contributed by atoms with Crippen LogP contribution < -0.4 is 10.1 Å². The largest absolute Gasteiger partial charge is 0.492 e. The van der Waals surface area contributed by atoms with Crippen LogP contribution in [0.4, 0.5) is 18.9 Å². The van der Waals surface area contributed by atoms with Gasteiger partial charge in [0, 0.05) is 23.4 Å². The first-order valence-electron chi connectivity index (χ1n) is 11.1. The number of allylic oxidation sites excluding steroid dienone is 1. The van der Waals surface area contributed by atoms with E-state index in [0.29, 0.717) is 34.7 Å². The maximum absolute atomic E-state index is 12.9. The lowest BCUT2D eigenvalue weighted by molar-refractivity contribution is -0.0576. The molecule has 4 rings (SSSR count). The maximum atomic E-state index is 12.9. The van der Waals surface area contributed by atoms with E-state index in [0.717, 1.165) is 25.7 Å². The number of carbonyl (C=O) groups excluding carboxylic acids is 1. The van der Waals surface area contributed by atoms with Crippen LogP contribution in [0.2, 0.25) is 0 Å². The fraction of sp³-hybridized carbons (Fsp3) is 0.360. The number of hydrogen-bond acceptors (Lipinski definition) is 4. The summed E-state index contributed by atoms with van der Waals surface area (Å²) in [6.45, 7) is 3.63. The average molecular weight is 457 g/mol. The second-order valence-electron chi connectivity index (χ2n) is 8.14. The van der Waals surface area contributed by atoms with Gasteiger partial charge in [0.25, 0.3) is 5.91 Å². The molecular weight excluding hydrogens is 431 g/mol. The van der Waals surface area contributed by atoms with Gasteiger partial charge in [0.15, 0.2) is 0 Å². The van der Waals surface area contributed by atoms with Crippen molar-refractivity contribution in [3.05, 3.63) is 65.7 Å². The molecule has 1 saturated heterocycles. The molecule has 0 bridgehead atoms. The van der Waals surface area contributed by atoms with Crippen molar-refractivity contribution in [1.29, 1.82) is 0 Å². The van der Waals surface area contributed by atoms with Gasteiger partial charge in [0.1, 0.15) is 18.1 Å². The fourth-order valence-electron chi connectivity index (χ4n) is 4.01. The summed E-state index contributed by atoms with van der Waals surface area (Å²) in [5, 5.41) is 2.80. The van der Waals surface area contributed by atoms with Gasteiger partial charge in [0.2, 0.25) is 0 Å². The molecule has 0 atom stereocenters. The predicted octanol–water partition coefficient (Wildman–Crippen LogP) is 5.20. The molecule has 2 aliphatic heterocycles. The number of alkyl halides is 3. The number of likely N-dealkylation sites (tertiary alicyclic amines) is 1. The average Bonchev–Trinajstić information content (AvgIpc) is 3.31. The Bertz CT molecular complexity index is 1040. The molecule has 1 amide bonds. The minimum absolute atomic E-state index is 0.0782. The van der Waals surface area contributed by atoms with Gasteiger partial charge >= 0.3 is 6.18 Å². The summed E-state index contributed by atoms with van der Waals surface area (Å²) in [5.74, 6) is 0.342. The van der Waals surface area contributed by atoms with Gasteiger partial charge in [-0.05, 0) is 67.9 Å². The van der Waals surface area contributed by atoms with Crippen LogP contribution in [0.5, 0.6) is 5.75 Å². The Morgan fingerprint density at radius 2 is 1.76 bits per heavy atom. The van der Waals surface area contributed by atoms with E-state index < -0.39 is 11.9 Å². The highest BCUT2D eigenvalue weighted by Crippen LogP contribution is 2.31. The number of carbonyl (C=O) groups is 1. The van der Waals surface area contributed by atoms with E-state index in [-0.39, 0.29) is 12.5 Å². The van der Waals surface area contributed by atoms with Crippen LogP contribution in [0.1, 0.15) is 35.2 Å². The van der Waals surface area contributed by atoms with Gasteiger partial charge in [-0.2, -0.15) is 13.2 Å². The van der Waals surface area contributed by atoms with Crippen molar-refractivity contribution >= 4 is 22.9 Å². The summed E-state index contributed by atoms with van der Waals surface area (Å²) >= 11 is 0. The molecule has 174 valence electrons. The van der Waals surface area contributed by atoms with Gasteiger partial charge in [0.05, 0.1) is 6.54 Å². The molecular formula is C25H26F3N3O2. The molecule has 1 fully saturated rings. The number of hydrogen-bond donors (Lipinski definition) is 1. The lowest BCUT2D eigenvalue weighted by Gasteiger charge is -2.26. The number of nitrogens with zero attached hydrogens (tertiary/aromatic N) is 2. The number of piperidine rings is 1. The second kappa shape index (κ2) is 10.2. The van der Waals surface area contributed by atoms with Crippen molar-refractivity contribution in [2.24, 2.45) is 4.99 Å². The lowest BCUT2D eigenvalue weighted by atomic mass is 10.0. The normalized spacial score (nSPS) is 16.8. The molecule has 2 aromatic rings. The van der Waals surface area contributed by atoms with Crippen LogP contribution in [0.15, 0.2) is 59.6 Å². The minimum Gasteiger partial charge on any atom is -0.492 e. The molecule has 0 radical (unpaired) electrons. The van der Waals surface area contributed by atoms with Gasteiger partial charge in [-0.25, -0.2) is 0 Å². The van der Waals surface area contributed by atoms with Gasteiger partial charge in [-0.1, -0.05) is 24.6 Å². The first-order valence-corrected chi connectivity index (χ1v) is 11.1. The van der Waals surface area contributed by atoms with E-state index in [2.05, 4.69) is 15.2 Å². The minimum atomic E-state index is -4.49. The van der Waals surface area contributed by atoms with E-state index >= 15 is 0 Å². The van der Waals surface area contributed by atoms with Crippen LogP contribution in [-0.2, 0) is 0 Å². The lowest BCUT2D eigenvalue weighted by Crippen LogP contribution is -2.33. The SMILES string of the molecule is O=C(Nc1ccccc1C1=CC(C(F)(F)F)=NC1)c1ccc(OCCN2CCCCC2)cc1. The number of amides is 1. The number of rotatable bonds is 7. The summed E-state index contributed by atoms with van der Waals surface area (Å²) < 4.78 is 44.6. The third kappa shape index (κ3) is 6.01. The Morgan fingerprint density at radius 1 is 1.03 bits per heavy atom. The molecule has 1 N–H and O–H groups in total. The van der Waals surface area contributed by atoms with Crippen LogP contribution in [0, 0.1) is 0 Å². The summed E-state index contributed by atoms with van der Waals surface area (Å²) in [7, 11) is 0. The number of ether oxygens (including phenoxy) is 1. The van der Waals surface area contributed by atoms with Crippen LogP contribution in [0.25, 0.3) is 5.57 Å². The first-order chi connectivity index (χ1) is 15.9. The number of nitrogens with one attached hydrogen (secondary N) is 1. The van der Waals surface area contributed by atoms with Crippen molar-refractivity contribution in [3.8, 4) is 5.75 Å². The van der Waals surface area contributed by atoms with E-state index in [4.69, 9.17) is 4.74 Å². The number of aliphatic imine (C=N–C) groups is 1. The molecule has 33 heavy (non-hydrogen) atoms. The molecule has 0 unspecified atom stereocenters. The van der Waals surface area contributed by atoms with Crippen molar-refractivity contribution in [3.63, 3.8) is 0 Å². The molecule has 2 heterocycles. The van der Waals surface area contributed by atoms with Crippen molar-refractivity contribution < 1.29 is 22.7 Å². The topological polar surface area (TPSA) is 53.9 Å². The smallest absolute Gasteiger partial charge is 0.432 e. The number of halogens is 3. The zero-order chi connectivity index (χ0) is 23.3. The zero-order valence-corrected chi connectivity index (χ0v) is 18.2. The summed E-state index contributed by atoms with van der Waals surface area (Å²) in [6, 6.07) is 13.6. The number of anilines is 1. The van der Waals surface area contributed by atoms with Crippen molar-refractivity contribution in [2.45, 2.75) is 25.4 Å². The molecule has 0 aromatic heterocycles. The number of benzene rings is 2. The fourth-order valence-corrected chi connectivity index (χ4v) is 4.01. The monoisotopic (exact) mass is 457 g/mol. The van der Waals surface area contributed by atoms with E-state index in [1.54, 1.807) is 48.5 Å². The van der Waals surface area contributed by atoms with Gasteiger partial charge < -0.3 is 10.1 Å². The van der Waals surface area contributed by atoms with E-state index in [1.807, 2.05) is 0 Å². The molecule has 5 nitrogen and oxygen atoms in total. The van der Waals surface area contributed by atoms with Gasteiger partial charge in [-0.15, -0.1) is 0 Å². The van der Waals surface area contributed by atoms with E-state index in [1.165, 1.54) is 19.3 Å². The van der Waals surface area contributed by atoms with Crippen molar-refractivity contribution in [2.75, 3.05) is 38.1 Å². The Balaban J connectivity index is 1.36. The van der Waals surface area contributed by atoms with Crippen molar-refractivity contribution in [1.82, 2.24) is 4.90 Å². The highest BCUT2D eigenvalue weighted by atomic mass is 19.4. The summed E-state index contributed by atoms with van der Waals surface area (Å²) in [4.78, 5) is 18.7. The highest BCUT2D eigenvalue weighted by molar-refractivity contribution is 6.10. The quantitative estimate of drug-likeness (QED) is 0.622. The van der Waals surface area contributed by atoms with Crippen LogP contribution in [0.3, 0.4) is 0 Å². The Labute approximate surface area is 191 Å². The predicted molar refractivity (Wildman–Crippen MR) is 123 cm³/mol. The third-order valence-electron chi connectivity index (χ3n) is 5.78. The first kappa shape index (κ1) is 23.0. The third-order valence-corrected chi connectivity index (χ3v) is 5.78. The summed E-state index contributed by atoms with van der Waals surface area (Å²) in [6.07, 6.45) is 0.311. The zero-order valence-electron chi connectivity index (χ0n) is 18.2. The number of para-hydroxylation sites is 1. The van der Waals surface area contributed by atoms with Crippen LogP contribution in [-0.4, -0.2) is 55.5 Å². The maximum Gasteiger partial charge on any atom is 0.432 e. The molecule has 0 spiro atoms. The second-order valence-corrected chi connectivity index (χ2v) is 8.14. The molecule has 2 aromatic carbocycles. The van der Waals surface area contributed by atoms with E-state index in [9.17, 15) is 18.0 Å². The Hall–Kier alpha value is -3.13. The van der Waals surface area contributed by atoms with Gasteiger partial charge in [-0.3, -0.25) is 14.7 Å². The molecule has 2 aliphatic rings. The molecule has 8 heteroatoms. The standard InChI is InChI=1S/C25H26F3N3O2/c26-25(27,28)23-16-19(17-29-23)21-6-2-3-7-22(21)30-24(32)18-8-10-20(11-9-18)33-15-14-31-12-4-1-5-13-31/h2-3,6-11,16H,1,4-5,12-15,17H2,(H,30,32).